The van der Waals surface area contributed by atoms with Crippen LogP contribution in [-0.4, -0.2) is 45.4 Å². The summed E-state index contributed by atoms with van der Waals surface area (Å²) in [6, 6.07) is 9.81. The van der Waals surface area contributed by atoms with E-state index in [1.165, 1.54) is 41.7 Å². The van der Waals surface area contributed by atoms with Gasteiger partial charge in [0, 0.05) is 19.6 Å². The molecule has 6 nitrogen and oxygen atoms in total. The number of hydrogen-bond acceptors (Lipinski definition) is 5. The maximum absolute atomic E-state index is 13.7. The lowest BCUT2D eigenvalue weighted by Gasteiger charge is -2.35. The quantitative estimate of drug-likeness (QED) is 0.758. The fourth-order valence-electron chi connectivity index (χ4n) is 3.28. The van der Waals surface area contributed by atoms with Crippen molar-refractivity contribution in [2.24, 2.45) is 0 Å². The monoisotopic (exact) mass is 428 g/mol. The predicted octanol–water partition coefficient (Wildman–Crippen LogP) is 2.68. The molecule has 1 heterocycles. The molecule has 9 heteroatoms. The lowest BCUT2D eigenvalue weighted by atomic mass is 10.1. The molecule has 2 aromatic carbocycles. The van der Waals surface area contributed by atoms with Gasteiger partial charge in [-0.2, -0.15) is 4.31 Å². The maximum Gasteiger partial charge on any atom is 0.337 e. The molecule has 1 saturated heterocycles. The Labute approximate surface area is 170 Å². The Kier molecular flexibility index (Phi) is 7.16. The molecule has 0 saturated carbocycles. The number of sulfonamides is 1. The standard InChI is InChI=1S/C19H21FN2O4S.ClH/c1-13-10-15(19(23)26-2)6-7-18(13)27(24,25)22-9-8-21-12-17(22)14-4-3-5-16(20)11-14;/h3-7,10-11,17,21H,8-9,12H2,1-2H3;1H. The van der Waals surface area contributed by atoms with Crippen LogP contribution in [0.4, 0.5) is 4.39 Å². The van der Waals surface area contributed by atoms with Crippen molar-refractivity contribution in [3.8, 4) is 0 Å². The highest BCUT2D eigenvalue weighted by molar-refractivity contribution is 7.89. The Hall–Kier alpha value is -2.00. The third-order valence-corrected chi connectivity index (χ3v) is 6.68. The summed E-state index contributed by atoms with van der Waals surface area (Å²) in [4.78, 5) is 11.8. The second-order valence-corrected chi connectivity index (χ2v) is 8.22. The van der Waals surface area contributed by atoms with Crippen LogP contribution in [0.25, 0.3) is 0 Å². The zero-order valence-corrected chi connectivity index (χ0v) is 17.1. The molecule has 1 unspecified atom stereocenters. The van der Waals surface area contributed by atoms with E-state index in [9.17, 15) is 17.6 Å². The van der Waals surface area contributed by atoms with Crippen molar-refractivity contribution < 1.29 is 22.3 Å². The van der Waals surface area contributed by atoms with Crippen molar-refractivity contribution in [2.75, 3.05) is 26.7 Å². The first-order valence-electron chi connectivity index (χ1n) is 8.51. The van der Waals surface area contributed by atoms with Crippen LogP contribution in [-0.2, 0) is 14.8 Å². The normalized spacial score (nSPS) is 17.6. The number of nitrogens with zero attached hydrogens (tertiary/aromatic N) is 1. The van der Waals surface area contributed by atoms with Crippen molar-refractivity contribution in [3.63, 3.8) is 0 Å². The second kappa shape index (κ2) is 9.00. The average Bonchev–Trinajstić information content (AvgIpc) is 2.67. The smallest absolute Gasteiger partial charge is 0.337 e. The largest absolute Gasteiger partial charge is 0.465 e. The van der Waals surface area contributed by atoms with Gasteiger partial charge in [-0.3, -0.25) is 0 Å². The molecule has 1 fully saturated rings. The SMILES string of the molecule is COC(=O)c1ccc(S(=O)(=O)N2CCNCC2c2cccc(F)c2)c(C)c1.Cl. The molecule has 3 rings (SSSR count). The number of esters is 1. The van der Waals surface area contributed by atoms with E-state index in [-0.39, 0.29) is 29.4 Å². The summed E-state index contributed by atoms with van der Waals surface area (Å²) in [5.74, 6) is -0.934. The van der Waals surface area contributed by atoms with Gasteiger partial charge in [0.2, 0.25) is 10.0 Å². The Morgan fingerprint density at radius 1 is 1.25 bits per heavy atom. The van der Waals surface area contributed by atoms with Gasteiger partial charge in [0.25, 0.3) is 0 Å². The van der Waals surface area contributed by atoms with E-state index in [2.05, 4.69) is 10.1 Å². The molecule has 2 aromatic rings. The third kappa shape index (κ3) is 4.35. The van der Waals surface area contributed by atoms with Crippen molar-refractivity contribution >= 4 is 28.4 Å². The van der Waals surface area contributed by atoms with Crippen molar-refractivity contribution in [1.82, 2.24) is 9.62 Å². The number of ether oxygens (including phenoxy) is 1. The van der Waals surface area contributed by atoms with Crippen LogP contribution in [0.3, 0.4) is 0 Å². The van der Waals surface area contributed by atoms with Gasteiger partial charge in [0.1, 0.15) is 5.82 Å². The molecule has 1 aliphatic rings. The predicted molar refractivity (Wildman–Crippen MR) is 106 cm³/mol. The van der Waals surface area contributed by atoms with Crippen molar-refractivity contribution in [3.05, 3.63) is 65.0 Å². The number of carbonyl (C=O) groups excluding carboxylic acids is 1. The van der Waals surface area contributed by atoms with E-state index < -0.39 is 27.9 Å². The topological polar surface area (TPSA) is 75.7 Å². The summed E-state index contributed by atoms with van der Waals surface area (Å²) < 4.78 is 46.3. The van der Waals surface area contributed by atoms with Crippen LogP contribution in [0.1, 0.15) is 27.5 Å². The van der Waals surface area contributed by atoms with E-state index in [4.69, 9.17) is 0 Å². The minimum atomic E-state index is -3.83. The van der Waals surface area contributed by atoms with Gasteiger partial charge < -0.3 is 10.1 Å². The molecule has 1 N–H and O–H groups in total. The maximum atomic E-state index is 13.7. The molecule has 0 aromatic heterocycles. The number of nitrogens with one attached hydrogen (secondary N) is 1. The Morgan fingerprint density at radius 3 is 2.64 bits per heavy atom. The molecule has 1 atom stereocenters. The molecule has 0 radical (unpaired) electrons. The summed E-state index contributed by atoms with van der Waals surface area (Å²) in [6.45, 7) is 2.80. The number of aryl methyl sites for hydroxylation is 1. The van der Waals surface area contributed by atoms with E-state index in [0.717, 1.165) is 0 Å². The highest BCUT2D eigenvalue weighted by Crippen LogP contribution is 2.31. The number of piperazine rings is 1. The third-order valence-electron chi connectivity index (χ3n) is 4.61. The van der Waals surface area contributed by atoms with Gasteiger partial charge in [0.15, 0.2) is 0 Å². The lowest BCUT2D eigenvalue weighted by Crippen LogP contribution is -2.48. The molecule has 0 amide bonds. The van der Waals surface area contributed by atoms with Crippen LogP contribution < -0.4 is 5.32 Å². The molecular formula is C19H22ClFN2O4S. The Bertz CT molecular complexity index is 968. The number of carbonyl (C=O) groups is 1. The number of rotatable bonds is 4. The summed E-state index contributed by atoms with van der Waals surface area (Å²) in [7, 11) is -2.56. The van der Waals surface area contributed by atoms with Crippen molar-refractivity contribution in [2.45, 2.75) is 17.9 Å². The van der Waals surface area contributed by atoms with Gasteiger partial charge in [-0.25, -0.2) is 17.6 Å². The molecule has 1 aliphatic heterocycles. The molecular weight excluding hydrogens is 407 g/mol. The first-order valence-corrected chi connectivity index (χ1v) is 9.95. The molecule has 0 spiro atoms. The summed E-state index contributed by atoms with van der Waals surface area (Å²) in [5, 5.41) is 3.16. The van der Waals surface area contributed by atoms with E-state index in [0.29, 0.717) is 24.2 Å². The van der Waals surface area contributed by atoms with Gasteiger partial charge in [-0.15, -0.1) is 12.4 Å². The fraction of sp³-hybridized carbons (Fsp3) is 0.316. The minimum Gasteiger partial charge on any atom is -0.465 e. The first kappa shape index (κ1) is 22.3. The molecule has 0 aliphatic carbocycles. The number of methoxy groups -OCH3 is 1. The molecule has 152 valence electrons. The number of benzene rings is 2. The zero-order chi connectivity index (χ0) is 19.6. The van der Waals surface area contributed by atoms with Gasteiger partial charge in [0.05, 0.1) is 23.6 Å². The van der Waals surface area contributed by atoms with E-state index in [1.807, 2.05) is 0 Å². The highest BCUT2D eigenvalue weighted by atomic mass is 35.5. The minimum absolute atomic E-state index is 0. The molecule has 0 bridgehead atoms. The summed E-state index contributed by atoms with van der Waals surface area (Å²) in [5.41, 5.74) is 1.33. The summed E-state index contributed by atoms with van der Waals surface area (Å²) in [6.07, 6.45) is 0. The summed E-state index contributed by atoms with van der Waals surface area (Å²) >= 11 is 0. The molecule has 28 heavy (non-hydrogen) atoms. The van der Waals surface area contributed by atoms with Crippen LogP contribution in [0.5, 0.6) is 0 Å². The lowest BCUT2D eigenvalue weighted by molar-refractivity contribution is 0.0600. The Balaban J connectivity index is 0.00000280. The van der Waals surface area contributed by atoms with E-state index in [1.54, 1.807) is 19.1 Å². The van der Waals surface area contributed by atoms with Crippen LogP contribution in [0.2, 0.25) is 0 Å². The van der Waals surface area contributed by atoms with Crippen LogP contribution >= 0.6 is 12.4 Å². The average molecular weight is 429 g/mol. The van der Waals surface area contributed by atoms with Gasteiger partial charge >= 0.3 is 5.97 Å². The van der Waals surface area contributed by atoms with Gasteiger partial charge in [-0.05, 0) is 48.4 Å². The zero-order valence-electron chi connectivity index (χ0n) is 15.5. The van der Waals surface area contributed by atoms with Crippen molar-refractivity contribution in [1.29, 1.82) is 0 Å². The Morgan fingerprint density at radius 2 is 2.00 bits per heavy atom. The van der Waals surface area contributed by atoms with E-state index >= 15 is 0 Å². The second-order valence-electron chi connectivity index (χ2n) is 6.36. The number of hydrogen-bond donors (Lipinski definition) is 1. The highest BCUT2D eigenvalue weighted by Gasteiger charge is 2.35. The van der Waals surface area contributed by atoms with Crippen LogP contribution in [0, 0.1) is 12.7 Å². The van der Waals surface area contributed by atoms with Crippen LogP contribution in [0.15, 0.2) is 47.4 Å². The first-order chi connectivity index (χ1) is 12.8. The fourth-order valence-corrected chi connectivity index (χ4v) is 5.10. The number of halogens is 2. The van der Waals surface area contributed by atoms with Gasteiger partial charge in [-0.1, -0.05) is 12.1 Å².